The van der Waals surface area contributed by atoms with E-state index in [0.29, 0.717) is 18.4 Å². The van der Waals surface area contributed by atoms with Crippen molar-refractivity contribution in [2.45, 2.75) is 58.9 Å². The Balaban J connectivity index is 3.65. The molecule has 0 spiro atoms. The number of rotatable bonds is 9. The van der Waals surface area contributed by atoms with E-state index in [1.807, 2.05) is 0 Å². The van der Waals surface area contributed by atoms with Gasteiger partial charge in [-0.1, -0.05) is 33.6 Å². The number of nitrogens with one attached hydrogen (secondary N) is 1. The molecule has 0 heterocycles. The molecule has 0 saturated heterocycles. The van der Waals surface area contributed by atoms with Crippen molar-refractivity contribution in [1.82, 2.24) is 5.32 Å². The first-order valence-electron chi connectivity index (χ1n) is 5.87. The molecule has 1 unspecified atom stereocenters. The zero-order chi connectivity index (χ0) is 10.8. The molecule has 0 aliphatic heterocycles. The molecule has 14 heavy (non-hydrogen) atoms. The Morgan fingerprint density at radius 1 is 1.29 bits per heavy atom. The Kier molecular flexibility index (Phi) is 8.95. The van der Waals surface area contributed by atoms with Gasteiger partial charge < -0.3 is 10.1 Å². The lowest BCUT2D eigenvalue weighted by atomic mass is 10.0. The molecule has 0 amide bonds. The van der Waals surface area contributed by atoms with E-state index in [-0.39, 0.29) is 0 Å². The molecule has 0 bridgehead atoms. The van der Waals surface area contributed by atoms with Crippen LogP contribution in [0.2, 0.25) is 0 Å². The van der Waals surface area contributed by atoms with Crippen LogP contribution in [0, 0.1) is 5.92 Å². The van der Waals surface area contributed by atoms with Gasteiger partial charge in [0.15, 0.2) is 0 Å². The average Bonchev–Trinajstić information content (AvgIpc) is 2.16. The normalized spacial score (nSPS) is 13.1. The zero-order valence-electron chi connectivity index (χ0n) is 9.88. The number of carbonyl (C=O) groups excluding carboxylic acids is 1. The first-order chi connectivity index (χ1) is 6.70. The van der Waals surface area contributed by atoms with Crippen molar-refractivity contribution in [2.75, 3.05) is 6.54 Å². The molecule has 2 nitrogen and oxygen atoms in total. The summed E-state index contributed by atoms with van der Waals surface area (Å²) in [6.45, 7) is 7.69. The third-order valence-electron chi connectivity index (χ3n) is 2.35. The van der Waals surface area contributed by atoms with Gasteiger partial charge >= 0.3 is 0 Å². The molecule has 0 saturated carbocycles. The van der Waals surface area contributed by atoms with E-state index in [4.69, 9.17) is 0 Å². The van der Waals surface area contributed by atoms with E-state index < -0.39 is 0 Å². The van der Waals surface area contributed by atoms with E-state index in [9.17, 15) is 4.79 Å². The van der Waals surface area contributed by atoms with Gasteiger partial charge in [-0.3, -0.25) is 0 Å². The fraction of sp³-hybridized carbons (Fsp3) is 0.917. The quantitative estimate of drug-likeness (QED) is 0.579. The summed E-state index contributed by atoms with van der Waals surface area (Å²) in [5, 5.41) is 3.53. The van der Waals surface area contributed by atoms with E-state index in [2.05, 4.69) is 26.1 Å². The highest BCUT2D eigenvalue weighted by Gasteiger charge is 2.07. The van der Waals surface area contributed by atoms with Crippen LogP contribution in [-0.4, -0.2) is 18.9 Å². The number of hydrogen-bond donors (Lipinski definition) is 1. The van der Waals surface area contributed by atoms with E-state index in [1.165, 1.54) is 19.3 Å². The van der Waals surface area contributed by atoms with Crippen LogP contribution in [0.15, 0.2) is 0 Å². The van der Waals surface area contributed by atoms with E-state index in [1.54, 1.807) is 0 Å². The lowest BCUT2D eigenvalue weighted by Crippen LogP contribution is -2.32. The molecule has 0 rings (SSSR count). The van der Waals surface area contributed by atoms with Crippen LogP contribution in [0.1, 0.15) is 52.9 Å². The smallest absolute Gasteiger partial charge is 0.120 e. The summed E-state index contributed by atoms with van der Waals surface area (Å²) >= 11 is 0. The van der Waals surface area contributed by atoms with Crippen LogP contribution in [0.25, 0.3) is 0 Å². The Labute approximate surface area is 88.5 Å². The highest BCUT2D eigenvalue weighted by atomic mass is 16.1. The molecule has 1 atom stereocenters. The van der Waals surface area contributed by atoms with Crippen molar-refractivity contribution in [3.8, 4) is 0 Å². The molecular formula is C12H25NO. The number of aldehydes is 1. The molecule has 2 heteroatoms. The monoisotopic (exact) mass is 199 g/mol. The van der Waals surface area contributed by atoms with Crippen molar-refractivity contribution < 1.29 is 4.79 Å². The average molecular weight is 199 g/mol. The summed E-state index contributed by atoms with van der Waals surface area (Å²) in [7, 11) is 0. The second-order valence-electron chi connectivity index (χ2n) is 4.39. The predicted octanol–water partition coefficient (Wildman–Crippen LogP) is 2.77. The summed E-state index contributed by atoms with van der Waals surface area (Å²) in [4.78, 5) is 10.3. The standard InChI is InChI=1S/C12H25NO/c1-4-5-7-12(8-6-9-14)13-10-11(2)3/h9,11-13H,4-8,10H2,1-3H3. The highest BCUT2D eigenvalue weighted by molar-refractivity contribution is 5.49. The predicted molar refractivity (Wildman–Crippen MR) is 61.5 cm³/mol. The molecular weight excluding hydrogens is 174 g/mol. The molecule has 0 aromatic heterocycles. The summed E-state index contributed by atoms with van der Waals surface area (Å²) < 4.78 is 0. The van der Waals surface area contributed by atoms with Crippen LogP contribution in [0.4, 0.5) is 0 Å². The van der Waals surface area contributed by atoms with Crippen LogP contribution in [-0.2, 0) is 4.79 Å². The fourth-order valence-corrected chi connectivity index (χ4v) is 1.47. The van der Waals surface area contributed by atoms with Gasteiger partial charge in [-0.15, -0.1) is 0 Å². The van der Waals surface area contributed by atoms with Crippen molar-refractivity contribution in [3.63, 3.8) is 0 Å². The Bertz CT molecular complexity index is 134. The zero-order valence-corrected chi connectivity index (χ0v) is 9.88. The summed E-state index contributed by atoms with van der Waals surface area (Å²) in [5.74, 6) is 0.690. The molecule has 0 aliphatic carbocycles. The van der Waals surface area contributed by atoms with Crippen molar-refractivity contribution in [1.29, 1.82) is 0 Å². The number of hydrogen-bond acceptors (Lipinski definition) is 2. The number of carbonyl (C=O) groups is 1. The third-order valence-corrected chi connectivity index (χ3v) is 2.35. The molecule has 0 aromatic rings. The third kappa shape index (κ3) is 8.24. The fourth-order valence-electron chi connectivity index (χ4n) is 1.47. The van der Waals surface area contributed by atoms with Gasteiger partial charge in [-0.05, 0) is 25.3 Å². The van der Waals surface area contributed by atoms with Gasteiger partial charge in [0, 0.05) is 12.5 Å². The van der Waals surface area contributed by atoms with Crippen molar-refractivity contribution >= 4 is 6.29 Å². The Morgan fingerprint density at radius 2 is 2.00 bits per heavy atom. The lowest BCUT2D eigenvalue weighted by molar-refractivity contribution is -0.108. The molecule has 84 valence electrons. The van der Waals surface area contributed by atoms with Crippen LogP contribution in [0.5, 0.6) is 0 Å². The highest BCUT2D eigenvalue weighted by Crippen LogP contribution is 2.06. The second-order valence-corrected chi connectivity index (χ2v) is 4.39. The van der Waals surface area contributed by atoms with Gasteiger partial charge in [0.2, 0.25) is 0 Å². The minimum atomic E-state index is 0.544. The SMILES string of the molecule is CCCCC(CCC=O)NCC(C)C. The maximum absolute atomic E-state index is 10.3. The van der Waals surface area contributed by atoms with E-state index >= 15 is 0 Å². The molecule has 1 N–H and O–H groups in total. The van der Waals surface area contributed by atoms with Crippen molar-refractivity contribution in [2.24, 2.45) is 5.92 Å². The van der Waals surface area contributed by atoms with Crippen LogP contribution < -0.4 is 5.32 Å². The lowest BCUT2D eigenvalue weighted by Gasteiger charge is -2.18. The minimum Gasteiger partial charge on any atom is -0.314 e. The summed E-state index contributed by atoms with van der Waals surface area (Å²) in [6.07, 6.45) is 6.42. The molecule has 0 aliphatic rings. The van der Waals surface area contributed by atoms with Gasteiger partial charge in [-0.25, -0.2) is 0 Å². The van der Waals surface area contributed by atoms with Gasteiger partial charge in [0.1, 0.15) is 6.29 Å². The van der Waals surface area contributed by atoms with Crippen LogP contribution in [0.3, 0.4) is 0 Å². The first-order valence-corrected chi connectivity index (χ1v) is 5.87. The number of unbranched alkanes of at least 4 members (excludes halogenated alkanes) is 1. The summed E-state index contributed by atoms with van der Waals surface area (Å²) in [6, 6.07) is 0.544. The second kappa shape index (κ2) is 9.20. The topological polar surface area (TPSA) is 29.1 Å². The maximum Gasteiger partial charge on any atom is 0.120 e. The maximum atomic E-state index is 10.3. The van der Waals surface area contributed by atoms with Gasteiger partial charge in [0.25, 0.3) is 0 Å². The Hall–Kier alpha value is -0.370. The van der Waals surface area contributed by atoms with Gasteiger partial charge in [-0.2, -0.15) is 0 Å². The molecule has 0 aromatic carbocycles. The molecule has 0 radical (unpaired) electrons. The largest absolute Gasteiger partial charge is 0.314 e. The minimum absolute atomic E-state index is 0.544. The summed E-state index contributed by atoms with van der Waals surface area (Å²) in [5.41, 5.74) is 0. The first kappa shape index (κ1) is 13.6. The Morgan fingerprint density at radius 3 is 2.50 bits per heavy atom. The van der Waals surface area contributed by atoms with Crippen molar-refractivity contribution in [3.05, 3.63) is 0 Å². The molecule has 0 fully saturated rings. The van der Waals surface area contributed by atoms with Crippen LogP contribution >= 0.6 is 0 Å². The van der Waals surface area contributed by atoms with E-state index in [0.717, 1.165) is 19.3 Å². The van der Waals surface area contributed by atoms with Gasteiger partial charge in [0.05, 0.1) is 0 Å².